The van der Waals surface area contributed by atoms with Crippen molar-refractivity contribution in [2.75, 3.05) is 31.1 Å². The zero-order valence-electron chi connectivity index (χ0n) is 22.6. The first-order chi connectivity index (χ1) is 20.5. The third-order valence-electron chi connectivity index (χ3n) is 6.00. The minimum atomic E-state index is -5.08. The number of carboxylic acid groups (broad SMARTS) is 2. The highest BCUT2D eigenvalue weighted by Gasteiger charge is 2.38. The predicted molar refractivity (Wildman–Crippen MR) is 139 cm³/mol. The first-order valence-electron chi connectivity index (χ1n) is 12.3. The van der Waals surface area contributed by atoms with E-state index in [2.05, 4.69) is 21.2 Å². The van der Waals surface area contributed by atoms with Crippen LogP contribution in [0.5, 0.6) is 0 Å². The van der Waals surface area contributed by atoms with Gasteiger partial charge >= 0.3 is 24.3 Å². The molecule has 3 aromatic heterocycles. The van der Waals surface area contributed by atoms with Crippen molar-refractivity contribution in [2.45, 2.75) is 12.4 Å². The van der Waals surface area contributed by atoms with Crippen LogP contribution in [0.2, 0.25) is 0 Å². The summed E-state index contributed by atoms with van der Waals surface area (Å²) in [6, 6.07) is 12.3. The highest BCUT2D eigenvalue weighted by Crippen LogP contribution is 2.28. The number of anilines is 1. The Hall–Kier alpha value is -5.16. The number of aromatic nitrogens is 4. The molecule has 0 radical (unpaired) electrons. The maximum atomic E-state index is 13.3. The number of pyridine rings is 1. The summed E-state index contributed by atoms with van der Waals surface area (Å²) in [6.45, 7) is 2.70. The van der Waals surface area contributed by atoms with Crippen LogP contribution in [0.4, 0.5) is 36.4 Å². The molecule has 0 atom stereocenters. The summed E-state index contributed by atoms with van der Waals surface area (Å²) in [6.07, 6.45) is -4.61. The Morgan fingerprint density at radius 3 is 1.82 bits per heavy atom. The van der Waals surface area contributed by atoms with Gasteiger partial charge in [-0.3, -0.25) is 9.48 Å². The number of rotatable bonds is 3. The van der Waals surface area contributed by atoms with E-state index in [0.717, 1.165) is 35.4 Å². The molecule has 0 spiro atoms. The summed E-state index contributed by atoms with van der Waals surface area (Å²) in [7, 11) is 1.81. The zero-order chi connectivity index (χ0) is 32.8. The van der Waals surface area contributed by atoms with E-state index in [0.29, 0.717) is 18.8 Å². The smallest absolute Gasteiger partial charge is 0.475 e. The van der Waals surface area contributed by atoms with Gasteiger partial charge in [-0.1, -0.05) is 12.1 Å². The van der Waals surface area contributed by atoms with Gasteiger partial charge in [0.2, 0.25) is 0 Å². The predicted octanol–water partition coefficient (Wildman–Crippen LogP) is 4.10. The fourth-order valence-electron chi connectivity index (χ4n) is 3.87. The van der Waals surface area contributed by atoms with Gasteiger partial charge in [-0.2, -0.15) is 36.5 Å². The number of nitrogens with zero attached hydrogens (tertiary/aromatic N) is 6. The largest absolute Gasteiger partial charge is 0.490 e. The third kappa shape index (κ3) is 8.68. The molecule has 2 N–H and O–H groups in total. The summed E-state index contributed by atoms with van der Waals surface area (Å²) in [5.41, 5.74) is 4.46. The molecule has 4 aromatic rings. The molecular weight excluding hydrogens is 609 g/mol. The van der Waals surface area contributed by atoms with Crippen LogP contribution in [0.1, 0.15) is 10.5 Å². The number of carboxylic acids is 2. The molecule has 1 aliphatic rings. The number of hydrogen-bond donors (Lipinski definition) is 2. The van der Waals surface area contributed by atoms with Gasteiger partial charge in [-0.05, 0) is 41.5 Å². The second-order valence-electron chi connectivity index (χ2n) is 9.04. The highest BCUT2D eigenvalue weighted by molar-refractivity contribution is 5.92. The van der Waals surface area contributed by atoms with Gasteiger partial charge in [0.05, 0.1) is 17.4 Å². The maximum absolute atomic E-state index is 13.3. The number of amides is 1. The number of hydrogen-bond acceptors (Lipinski definition) is 6. The van der Waals surface area contributed by atoms with Crippen molar-refractivity contribution in [3.8, 4) is 11.1 Å². The second-order valence-corrected chi connectivity index (χ2v) is 9.04. The molecule has 1 aliphatic heterocycles. The van der Waals surface area contributed by atoms with E-state index in [9.17, 15) is 35.5 Å². The molecule has 0 bridgehead atoms. The third-order valence-corrected chi connectivity index (χ3v) is 6.00. The maximum Gasteiger partial charge on any atom is 0.490 e. The standard InChI is InChI=1S/C22H21FN6O.2C2HF3O2/c1-26-8-7-19(25-26)22(30)28-12-10-27(11-13-28)21-15-24-29-9-6-17(14-20(21)29)16-2-4-18(23)5-3-16;2*3-2(4,5)1(6)7/h2-9,14-15H,10-13H2,1H3;2*(H,6,7). The fourth-order valence-corrected chi connectivity index (χ4v) is 3.87. The number of halogens is 7. The van der Waals surface area contributed by atoms with Crippen LogP contribution >= 0.6 is 0 Å². The number of piperazine rings is 1. The van der Waals surface area contributed by atoms with Crippen molar-refractivity contribution in [3.63, 3.8) is 0 Å². The fraction of sp³-hybridized carbons (Fsp3) is 0.269. The topological polar surface area (TPSA) is 133 Å². The monoisotopic (exact) mass is 632 g/mol. The van der Waals surface area contributed by atoms with E-state index in [4.69, 9.17) is 19.8 Å². The zero-order valence-corrected chi connectivity index (χ0v) is 22.6. The first kappa shape index (κ1) is 33.3. The van der Waals surface area contributed by atoms with Gasteiger partial charge in [0.1, 0.15) is 11.5 Å². The molecule has 44 heavy (non-hydrogen) atoms. The van der Waals surface area contributed by atoms with E-state index in [1.165, 1.54) is 12.1 Å². The lowest BCUT2D eigenvalue weighted by molar-refractivity contribution is -0.193. The van der Waals surface area contributed by atoms with E-state index >= 15 is 0 Å². The molecule has 1 fully saturated rings. The highest BCUT2D eigenvalue weighted by atomic mass is 19.4. The molecule has 5 rings (SSSR count). The van der Waals surface area contributed by atoms with Crippen molar-refractivity contribution < 1.29 is 55.3 Å². The number of carbonyl (C=O) groups excluding carboxylic acids is 1. The van der Waals surface area contributed by atoms with E-state index in [1.54, 1.807) is 36.1 Å². The number of aryl methyl sites for hydroxylation is 1. The van der Waals surface area contributed by atoms with Crippen LogP contribution in [-0.2, 0) is 16.6 Å². The average Bonchev–Trinajstić information content (AvgIpc) is 3.59. The van der Waals surface area contributed by atoms with Crippen molar-refractivity contribution in [1.82, 2.24) is 24.3 Å². The Morgan fingerprint density at radius 1 is 0.795 bits per heavy atom. The molecular formula is C26H23F7N6O5. The molecule has 0 unspecified atom stereocenters. The lowest BCUT2D eigenvalue weighted by Crippen LogP contribution is -2.48. The Labute approximate surface area is 243 Å². The summed E-state index contributed by atoms with van der Waals surface area (Å²) in [5, 5.41) is 22.9. The van der Waals surface area contributed by atoms with E-state index < -0.39 is 24.3 Å². The molecule has 18 heteroatoms. The van der Waals surface area contributed by atoms with Crippen molar-refractivity contribution in [1.29, 1.82) is 0 Å². The Morgan fingerprint density at radius 2 is 1.34 bits per heavy atom. The molecule has 0 aliphatic carbocycles. The molecule has 0 saturated carbocycles. The van der Waals surface area contributed by atoms with Crippen LogP contribution in [0.25, 0.3) is 16.6 Å². The minimum Gasteiger partial charge on any atom is -0.475 e. The van der Waals surface area contributed by atoms with Gasteiger partial charge in [0.15, 0.2) is 0 Å². The van der Waals surface area contributed by atoms with Gasteiger partial charge in [-0.15, -0.1) is 0 Å². The molecule has 1 saturated heterocycles. The van der Waals surface area contributed by atoms with E-state index in [1.807, 2.05) is 27.9 Å². The summed E-state index contributed by atoms with van der Waals surface area (Å²) >= 11 is 0. The summed E-state index contributed by atoms with van der Waals surface area (Å²) < 4.78 is 80.2. The molecule has 11 nitrogen and oxygen atoms in total. The van der Waals surface area contributed by atoms with Crippen molar-refractivity contribution >= 4 is 29.0 Å². The molecule has 4 heterocycles. The number of fused-ring (bicyclic) bond motifs is 1. The normalized spacial score (nSPS) is 13.5. The number of alkyl halides is 6. The van der Waals surface area contributed by atoms with Crippen LogP contribution in [0.15, 0.2) is 61.1 Å². The van der Waals surface area contributed by atoms with Crippen LogP contribution in [-0.4, -0.2) is 90.9 Å². The van der Waals surface area contributed by atoms with E-state index in [-0.39, 0.29) is 11.7 Å². The molecule has 236 valence electrons. The average molecular weight is 632 g/mol. The summed E-state index contributed by atoms with van der Waals surface area (Å²) in [4.78, 5) is 34.5. The van der Waals surface area contributed by atoms with Crippen molar-refractivity contribution in [2.24, 2.45) is 7.05 Å². The van der Waals surface area contributed by atoms with Gasteiger partial charge in [-0.25, -0.2) is 18.5 Å². The Kier molecular flexibility index (Phi) is 10.2. The van der Waals surface area contributed by atoms with Gasteiger partial charge in [0, 0.05) is 45.6 Å². The lowest BCUT2D eigenvalue weighted by Gasteiger charge is -2.35. The van der Waals surface area contributed by atoms with Crippen LogP contribution < -0.4 is 4.90 Å². The van der Waals surface area contributed by atoms with Gasteiger partial charge in [0.25, 0.3) is 5.91 Å². The second kappa shape index (κ2) is 13.4. The molecule has 1 aromatic carbocycles. The van der Waals surface area contributed by atoms with Crippen LogP contribution in [0, 0.1) is 5.82 Å². The van der Waals surface area contributed by atoms with Crippen molar-refractivity contribution in [3.05, 3.63) is 72.6 Å². The number of benzene rings is 1. The number of carbonyl (C=O) groups is 3. The lowest BCUT2D eigenvalue weighted by atomic mass is 10.1. The number of aliphatic carboxylic acids is 2. The Balaban J connectivity index is 0.000000317. The first-order valence-corrected chi connectivity index (χ1v) is 12.3. The summed E-state index contributed by atoms with van der Waals surface area (Å²) in [5.74, 6) is -5.79. The SMILES string of the molecule is Cn1ccc(C(=O)N2CCN(c3cnn4ccc(-c5ccc(F)cc5)cc34)CC2)n1.O=C(O)C(F)(F)F.O=C(O)C(F)(F)F. The Bertz CT molecular complexity index is 1580. The minimum absolute atomic E-state index is 0.0336. The molecule has 1 amide bonds. The van der Waals surface area contributed by atoms with Gasteiger partial charge < -0.3 is 20.0 Å². The quantitative estimate of drug-likeness (QED) is 0.323. The van der Waals surface area contributed by atoms with Crippen LogP contribution in [0.3, 0.4) is 0 Å².